The minimum atomic E-state index is -2.85. The van der Waals surface area contributed by atoms with Gasteiger partial charge in [0.1, 0.15) is 29.4 Å². The molecule has 2 aromatic rings. The fourth-order valence-corrected chi connectivity index (χ4v) is 3.69. The smallest absolute Gasteiger partial charge is 0.387 e. The van der Waals surface area contributed by atoms with Gasteiger partial charge in [-0.05, 0) is 42.6 Å². The average Bonchev–Trinajstić information content (AvgIpc) is 2.97. The van der Waals surface area contributed by atoms with Gasteiger partial charge in [0.05, 0.1) is 19.4 Å². The lowest BCUT2D eigenvalue weighted by atomic mass is 9.94. The molecule has 1 N–H and O–H groups in total. The number of alkyl halides is 2. The highest BCUT2D eigenvalue weighted by Crippen LogP contribution is 2.29. The van der Waals surface area contributed by atoms with Crippen LogP contribution < -0.4 is 14.8 Å². The Morgan fingerprint density at radius 3 is 2.14 bits per heavy atom. The van der Waals surface area contributed by atoms with Gasteiger partial charge in [0.25, 0.3) is 5.91 Å². The number of halogens is 4. The van der Waals surface area contributed by atoms with E-state index in [4.69, 9.17) is 9.47 Å². The quantitative estimate of drug-likeness (QED) is 0.129. The fourth-order valence-electron chi connectivity index (χ4n) is 3.69. The highest BCUT2D eigenvalue weighted by atomic mass is 19.3. The molecule has 0 aliphatic carbocycles. The number of methoxy groups -OCH3 is 2. The molecule has 236 valence electrons. The van der Waals surface area contributed by atoms with Crippen molar-refractivity contribution in [1.29, 1.82) is 0 Å². The molecule has 43 heavy (non-hydrogen) atoms. The molecule has 0 radical (unpaired) electrons. The number of likely N-dealkylation sites (N-methyl/N-ethyl adjacent to an activating group) is 2. The van der Waals surface area contributed by atoms with Crippen molar-refractivity contribution in [3.63, 3.8) is 0 Å². The molecule has 0 aromatic heterocycles. The van der Waals surface area contributed by atoms with E-state index in [1.165, 1.54) is 38.4 Å². The number of aldehydes is 2. The Labute approximate surface area is 248 Å². The molecule has 0 fully saturated rings. The van der Waals surface area contributed by atoms with E-state index < -0.39 is 24.2 Å². The largest absolute Gasteiger partial charge is 0.497 e. The first-order valence-electron chi connectivity index (χ1n) is 13.0. The van der Waals surface area contributed by atoms with Gasteiger partial charge in [0.15, 0.2) is 6.29 Å². The van der Waals surface area contributed by atoms with Crippen LogP contribution in [0.2, 0.25) is 0 Å². The van der Waals surface area contributed by atoms with Gasteiger partial charge in [-0.2, -0.15) is 8.78 Å². The molecule has 0 aliphatic heterocycles. The average molecular weight is 612 g/mol. The Bertz CT molecular complexity index is 1200. The van der Waals surface area contributed by atoms with E-state index in [1.807, 2.05) is 11.9 Å². The van der Waals surface area contributed by atoms with Crippen LogP contribution in [0.5, 0.6) is 11.5 Å². The minimum Gasteiger partial charge on any atom is -0.497 e. The highest BCUT2D eigenvalue weighted by Gasteiger charge is 2.23. The first kappa shape index (κ1) is 36.6. The van der Waals surface area contributed by atoms with Crippen molar-refractivity contribution in [2.45, 2.75) is 19.0 Å². The number of nitrogens with zero attached hydrogens (tertiary/aromatic N) is 2. The summed E-state index contributed by atoms with van der Waals surface area (Å²) in [7, 11) is 7.90. The Kier molecular flexibility index (Phi) is 16.8. The number of ether oxygens (including phenoxy) is 3. The van der Waals surface area contributed by atoms with E-state index in [-0.39, 0.29) is 35.9 Å². The second-order valence-electron chi connectivity index (χ2n) is 8.99. The van der Waals surface area contributed by atoms with Gasteiger partial charge in [-0.3, -0.25) is 9.59 Å². The normalized spacial score (nSPS) is 11.8. The van der Waals surface area contributed by atoms with E-state index >= 15 is 0 Å². The summed E-state index contributed by atoms with van der Waals surface area (Å²) >= 11 is 0. The third-order valence-electron chi connectivity index (χ3n) is 5.96. The summed E-state index contributed by atoms with van der Waals surface area (Å²) in [5.41, 5.74) is 0.505. The number of allylic oxidation sites excluding steroid dienone is 3. The molecule has 13 heteroatoms. The number of nitrogens with one attached hydrogen (secondary N) is 1. The molecule has 2 aromatic carbocycles. The van der Waals surface area contributed by atoms with Crippen molar-refractivity contribution in [3.05, 3.63) is 83.2 Å². The molecule has 1 amide bonds. The SMILES string of the molecule is CNC(=O)c1ccc(OC(F)F)cc1.COCCN(C)/C=C\C=C(/C=O)N(C)CC(CC=O)c1c(F)cc(OC)cc1F. The zero-order chi connectivity index (χ0) is 32.4. The van der Waals surface area contributed by atoms with Crippen molar-refractivity contribution in [3.8, 4) is 11.5 Å². The van der Waals surface area contributed by atoms with E-state index in [0.29, 0.717) is 37.0 Å². The summed E-state index contributed by atoms with van der Waals surface area (Å²) in [5.74, 6) is -2.53. The van der Waals surface area contributed by atoms with Crippen LogP contribution in [0.1, 0.15) is 28.3 Å². The maximum absolute atomic E-state index is 14.4. The van der Waals surface area contributed by atoms with Gasteiger partial charge in [-0.1, -0.05) is 0 Å². The van der Waals surface area contributed by atoms with Crippen molar-refractivity contribution >= 4 is 18.5 Å². The van der Waals surface area contributed by atoms with Crippen LogP contribution in [0.4, 0.5) is 17.6 Å². The Hall–Kier alpha value is -4.39. The van der Waals surface area contributed by atoms with E-state index in [0.717, 1.165) is 12.1 Å². The first-order chi connectivity index (χ1) is 20.5. The van der Waals surface area contributed by atoms with Gasteiger partial charge in [0.2, 0.25) is 0 Å². The Morgan fingerprint density at radius 1 is 1.02 bits per heavy atom. The van der Waals surface area contributed by atoms with Gasteiger partial charge >= 0.3 is 6.61 Å². The number of amides is 1. The predicted octanol–water partition coefficient (Wildman–Crippen LogP) is 4.40. The maximum atomic E-state index is 14.4. The first-order valence-corrected chi connectivity index (χ1v) is 13.0. The second-order valence-corrected chi connectivity index (χ2v) is 8.99. The topological polar surface area (TPSA) is 97.4 Å². The number of carbonyl (C=O) groups excluding carboxylic acids is 3. The van der Waals surface area contributed by atoms with Crippen molar-refractivity contribution in [2.75, 3.05) is 55.1 Å². The summed E-state index contributed by atoms with van der Waals surface area (Å²) in [6.45, 7) is -1.51. The Morgan fingerprint density at radius 2 is 1.65 bits per heavy atom. The number of hydrogen-bond donors (Lipinski definition) is 1. The number of benzene rings is 2. The predicted molar refractivity (Wildman–Crippen MR) is 153 cm³/mol. The maximum Gasteiger partial charge on any atom is 0.387 e. The van der Waals surface area contributed by atoms with Crippen molar-refractivity contribution < 1.29 is 46.2 Å². The molecule has 0 aliphatic rings. The van der Waals surface area contributed by atoms with E-state index in [2.05, 4.69) is 10.1 Å². The molecule has 0 saturated carbocycles. The number of hydrogen-bond acceptors (Lipinski definition) is 8. The van der Waals surface area contributed by atoms with Crippen LogP contribution in [-0.4, -0.2) is 89.9 Å². The van der Waals surface area contributed by atoms with Gasteiger partial charge in [-0.15, -0.1) is 0 Å². The van der Waals surface area contributed by atoms with Crippen molar-refractivity contribution in [2.24, 2.45) is 0 Å². The summed E-state index contributed by atoms with van der Waals surface area (Å²) in [6.07, 6.45) is 6.23. The standard InChI is InChI=1S/C21H28F2N2O4.C9H9F2NO2/c1-24(9-11-28-3)8-5-6-17(15-27)25(2)14-16(7-10-26)21-19(22)12-18(29-4)13-20(21)23;1-12-8(13)6-2-4-7(5-3-6)14-9(10)11/h5-6,8,10,12-13,15-16H,7,9,11,14H2,1-4H3;2-5,9H,1H3,(H,12,13)/b8-5-,17-6+;. The summed E-state index contributed by atoms with van der Waals surface area (Å²) in [4.78, 5) is 37.1. The highest BCUT2D eigenvalue weighted by molar-refractivity contribution is 5.94. The third-order valence-corrected chi connectivity index (χ3v) is 5.96. The molecular weight excluding hydrogens is 574 g/mol. The summed E-state index contributed by atoms with van der Waals surface area (Å²) < 4.78 is 66.3. The second kappa shape index (κ2) is 19.7. The summed E-state index contributed by atoms with van der Waals surface area (Å²) in [6, 6.07) is 7.61. The van der Waals surface area contributed by atoms with Crippen LogP contribution in [0.3, 0.4) is 0 Å². The van der Waals surface area contributed by atoms with Crippen LogP contribution >= 0.6 is 0 Å². The molecule has 2 rings (SSSR count). The molecule has 0 spiro atoms. The van der Waals surface area contributed by atoms with Crippen LogP contribution in [0.15, 0.2) is 60.4 Å². The number of rotatable bonds is 16. The Balaban J connectivity index is 0.000000549. The molecule has 9 nitrogen and oxygen atoms in total. The zero-order valence-electron chi connectivity index (χ0n) is 24.7. The van der Waals surface area contributed by atoms with Gasteiger partial charge < -0.3 is 34.1 Å². The van der Waals surface area contributed by atoms with E-state index in [1.54, 1.807) is 37.4 Å². The molecule has 0 bridgehead atoms. The van der Waals surface area contributed by atoms with Crippen LogP contribution in [-0.2, 0) is 14.3 Å². The van der Waals surface area contributed by atoms with Gasteiger partial charge in [-0.25, -0.2) is 8.78 Å². The minimum absolute atomic E-state index is 0.0349. The summed E-state index contributed by atoms with van der Waals surface area (Å²) in [5, 5.41) is 2.41. The van der Waals surface area contributed by atoms with E-state index in [9.17, 15) is 31.9 Å². The molecule has 0 heterocycles. The van der Waals surface area contributed by atoms with Crippen molar-refractivity contribution in [1.82, 2.24) is 15.1 Å². The van der Waals surface area contributed by atoms with Crippen LogP contribution in [0.25, 0.3) is 0 Å². The lowest BCUT2D eigenvalue weighted by Crippen LogP contribution is -2.26. The molecule has 0 saturated heterocycles. The molecular formula is C30H37F4N3O6. The van der Waals surface area contributed by atoms with Gasteiger partial charge in [0, 0.05) is 76.9 Å². The lowest BCUT2D eigenvalue weighted by molar-refractivity contribution is -0.108. The monoisotopic (exact) mass is 611 g/mol. The lowest BCUT2D eigenvalue weighted by Gasteiger charge is -2.25. The molecule has 1 unspecified atom stereocenters. The van der Waals surface area contributed by atoms with Crippen LogP contribution in [0, 0.1) is 11.6 Å². The zero-order valence-corrected chi connectivity index (χ0v) is 24.7. The fraction of sp³-hybridized carbons (Fsp3) is 0.367. The molecule has 1 atom stereocenters. The number of carbonyl (C=O) groups is 3. The third kappa shape index (κ3) is 13.0.